The van der Waals surface area contributed by atoms with Crippen molar-refractivity contribution < 1.29 is 4.57 Å². The third-order valence-electron chi connectivity index (χ3n) is 5.09. The number of rotatable bonds is 3. The van der Waals surface area contributed by atoms with Crippen molar-refractivity contribution in [2.75, 3.05) is 20.3 Å². The minimum atomic E-state index is -2.41. The Kier molecular flexibility index (Phi) is 4.35. The number of hydrogen-bond acceptors (Lipinski definition) is 1. The molecule has 0 aromatic heterocycles. The maximum absolute atomic E-state index is 13.4. The van der Waals surface area contributed by atoms with Crippen LogP contribution in [0.1, 0.15) is 31.2 Å². The average Bonchev–Trinajstić information content (AvgIpc) is 2.71. The molecule has 2 aliphatic rings. The van der Waals surface area contributed by atoms with E-state index in [-0.39, 0.29) is 0 Å². The molecule has 0 amide bonds. The Bertz CT molecular complexity index is 535. The Morgan fingerprint density at radius 3 is 2.24 bits per heavy atom. The molecule has 0 unspecified atom stereocenters. The van der Waals surface area contributed by atoms with Gasteiger partial charge in [0.1, 0.15) is 0 Å². The summed E-state index contributed by atoms with van der Waals surface area (Å²) in [7, 11) is 1.70. The van der Waals surface area contributed by atoms with Crippen molar-refractivity contribution in [2.24, 2.45) is 0 Å². The fourth-order valence-corrected chi connectivity index (χ4v) is 6.60. The third-order valence-corrected chi connectivity index (χ3v) is 8.34. The Balaban J connectivity index is 1.74. The molecule has 1 saturated carbocycles. The highest BCUT2D eigenvalue weighted by Crippen LogP contribution is 2.61. The molecular formula is C17H25N2OP. The van der Waals surface area contributed by atoms with Gasteiger partial charge in [0.05, 0.1) is 0 Å². The molecule has 1 aromatic carbocycles. The van der Waals surface area contributed by atoms with Gasteiger partial charge in [-0.25, -0.2) is 9.34 Å². The van der Waals surface area contributed by atoms with Gasteiger partial charge in [0.25, 0.3) is 0 Å². The number of nitrogens with zero attached hydrogens (tertiary/aromatic N) is 2. The molecule has 2 atom stereocenters. The minimum absolute atomic E-state index is 0.486. The summed E-state index contributed by atoms with van der Waals surface area (Å²) in [6.45, 7) is 0. The van der Waals surface area contributed by atoms with E-state index in [1.807, 2.05) is 18.2 Å². The number of hydrogen-bond donors (Lipinski definition) is 0. The number of fused-ring (bicyclic) bond motifs is 1. The molecule has 0 radical (unpaired) electrons. The van der Waals surface area contributed by atoms with Gasteiger partial charge in [-0.3, -0.25) is 4.57 Å². The Morgan fingerprint density at radius 2 is 1.67 bits per heavy atom. The molecule has 0 N–H and O–H groups in total. The normalized spacial score (nSPS) is 29.8. The van der Waals surface area contributed by atoms with Gasteiger partial charge in [-0.1, -0.05) is 55.3 Å². The van der Waals surface area contributed by atoms with Gasteiger partial charge >= 0.3 is 0 Å². The molecule has 1 aliphatic heterocycles. The summed E-state index contributed by atoms with van der Waals surface area (Å²) in [5.74, 6) is 0. The van der Waals surface area contributed by atoms with E-state index in [0.717, 1.165) is 0 Å². The van der Waals surface area contributed by atoms with Crippen LogP contribution in [0.25, 0.3) is 6.08 Å². The first-order chi connectivity index (χ1) is 10.1. The van der Waals surface area contributed by atoms with Crippen molar-refractivity contribution in [3.63, 3.8) is 0 Å². The second kappa shape index (κ2) is 6.08. The summed E-state index contributed by atoms with van der Waals surface area (Å²) in [6.07, 6.45) is 9.75. The molecule has 1 aliphatic carbocycles. The predicted molar refractivity (Wildman–Crippen MR) is 89.5 cm³/mol. The van der Waals surface area contributed by atoms with Crippen LogP contribution in [-0.2, 0) is 4.57 Å². The minimum Gasteiger partial charge on any atom is -0.288 e. The van der Waals surface area contributed by atoms with Gasteiger partial charge < -0.3 is 0 Å². The van der Waals surface area contributed by atoms with Gasteiger partial charge in [-0.15, -0.1) is 0 Å². The lowest BCUT2D eigenvalue weighted by molar-refractivity contribution is 0.233. The monoisotopic (exact) mass is 304 g/mol. The van der Waals surface area contributed by atoms with E-state index in [0.29, 0.717) is 18.2 Å². The second-order valence-electron chi connectivity index (χ2n) is 6.23. The van der Waals surface area contributed by atoms with Crippen LogP contribution in [0, 0.1) is 0 Å². The van der Waals surface area contributed by atoms with Crippen LogP contribution in [0.4, 0.5) is 0 Å². The molecular weight excluding hydrogens is 279 g/mol. The Labute approximate surface area is 128 Å². The molecule has 4 heteroatoms. The van der Waals surface area contributed by atoms with Gasteiger partial charge in [-0.05, 0) is 32.5 Å². The Hall–Kier alpha value is -0.890. The molecule has 3 nitrogen and oxygen atoms in total. The molecule has 2 fully saturated rings. The van der Waals surface area contributed by atoms with Crippen LogP contribution >= 0.6 is 7.44 Å². The topological polar surface area (TPSA) is 23.6 Å². The standard InChI is InChI=1S/C17H25N2OP/c1-18-16-12-6-7-13-17(16)19(2)21(18,20)14-8-11-15-9-4-3-5-10-15/h3-5,8-11,16-17H,6-7,12-14H2,1-2H3/b11-8+/t16-,17-/m1/s1. The quantitative estimate of drug-likeness (QED) is 0.786. The van der Waals surface area contributed by atoms with Crippen LogP contribution in [0.2, 0.25) is 0 Å². The molecule has 1 heterocycles. The maximum Gasteiger partial charge on any atom is 0.220 e. The lowest BCUT2D eigenvalue weighted by atomic mass is 9.91. The van der Waals surface area contributed by atoms with Crippen molar-refractivity contribution in [1.29, 1.82) is 0 Å². The highest BCUT2D eigenvalue weighted by Gasteiger charge is 2.50. The lowest BCUT2D eigenvalue weighted by Gasteiger charge is -2.28. The van der Waals surface area contributed by atoms with Crippen LogP contribution in [0.3, 0.4) is 0 Å². The fourth-order valence-electron chi connectivity index (χ4n) is 3.80. The van der Waals surface area contributed by atoms with Gasteiger partial charge in [-0.2, -0.15) is 0 Å². The summed E-state index contributed by atoms with van der Waals surface area (Å²) < 4.78 is 17.8. The first-order valence-corrected chi connectivity index (χ1v) is 9.70. The smallest absolute Gasteiger partial charge is 0.220 e. The zero-order valence-corrected chi connectivity index (χ0v) is 13.9. The van der Waals surface area contributed by atoms with E-state index in [1.54, 1.807) is 0 Å². The summed E-state index contributed by atoms with van der Waals surface area (Å²) in [5, 5.41) is 0. The number of allylic oxidation sites excluding steroid dienone is 1. The van der Waals surface area contributed by atoms with Crippen LogP contribution < -0.4 is 0 Å². The fraction of sp³-hybridized carbons (Fsp3) is 0.529. The largest absolute Gasteiger partial charge is 0.288 e. The van der Waals surface area contributed by atoms with Crippen LogP contribution in [-0.4, -0.2) is 41.7 Å². The van der Waals surface area contributed by atoms with E-state index in [9.17, 15) is 4.57 Å². The average molecular weight is 304 g/mol. The SMILES string of the molecule is CN1[C@@H]2CCCC[C@H]2N(C)P1(=O)C/C=C/c1ccccc1. The summed E-state index contributed by atoms with van der Waals surface area (Å²) in [5.41, 5.74) is 1.17. The van der Waals surface area contributed by atoms with E-state index in [1.165, 1.54) is 31.2 Å². The Morgan fingerprint density at radius 1 is 1.10 bits per heavy atom. The lowest BCUT2D eigenvalue weighted by Crippen LogP contribution is -2.37. The first-order valence-electron chi connectivity index (χ1n) is 7.90. The molecule has 21 heavy (non-hydrogen) atoms. The first kappa shape index (κ1) is 15.0. The zero-order chi connectivity index (χ0) is 14.9. The van der Waals surface area contributed by atoms with Crippen molar-refractivity contribution in [1.82, 2.24) is 9.34 Å². The predicted octanol–water partition coefficient (Wildman–Crippen LogP) is 4.08. The van der Waals surface area contributed by atoms with E-state index >= 15 is 0 Å². The summed E-state index contributed by atoms with van der Waals surface area (Å²) in [6, 6.07) is 11.2. The van der Waals surface area contributed by atoms with Crippen molar-refractivity contribution in [3.8, 4) is 0 Å². The number of benzene rings is 1. The van der Waals surface area contributed by atoms with E-state index in [2.05, 4.69) is 47.7 Å². The second-order valence-corrected chi connectivity index (χ2v) is 9.18. The van der Waals surface area contributed by atoms with E-state index in [4.69, 9.17) is 0 Å². The highest BCUT2D eigenvalue weighted by molar-refractivity contribution is 7.59. The summed E-state index contributed by atoms with van der Waals surface area (Å²) in [4.78, 5) is 0. The van der Waals surface area contributed by atoms with Crippen LogP contribution in [0.15, 0.2) is 36.4 Å². The van der Waals surface area contributed by atoms with Gasteiger partial charge in [0.2, 0.25) is 7.44 Å². The van der Waals surface area contributed by atoms with Crippen molar-refractivity contribution >= 4 is 13.5 Å². The van der Waals surface area contributed by atoms with Gasteiger partial charge in [0.15, 0.2) is 0 Å². The summed E-state index contributed by atoms with van der Waals surface area (Å²) >= 11 is 0. The zero-order valence-electron chi connectivity index (χ0n) is 13.0. The molecule has 0 spiro atoms. The van der Waals surface area contributed by atoms with E-state index < -0.39 is 7.44 Å². The van der Waals surface area contributed by atoms with Crippen LogP contribution in [0.5, 0.6) is 0 Å². The molecule has 0 bridgehead atoms. The van der Waals surface area contributed by atoms with Gasteiger partial charge in [0, 0.05) is 18.2 Å². The van der Waals surface area contributed by atoms with Crippen molar-refractivity contribution in [2.45, 2.75) is 37.8 Å². The molecule has 1 saturated heterocycles. The maximum atomic E-state index is 13.4. The molecule has 1 aromatic rings. The highest BCUT2D eigenvalue weighted by atomic mass is 31.2. The van der Waals surface area contributed by atoms with Crippen molar-refractivity contribution in [3.05, 3.63) is 42.0 Å². The third kappa shape index (κ3) is 2.75. The number of likely N-dealkylation sites (N-methyl/N-ethyl adjacent to an activating group) is 2. The molecule has 3 rings (SSSR count). The molecule has 114 valence electrons.